The predicted molar refractivity (Wildman–Crippen MR) is 141 cm³/mol. The Hall–Kier alpha value is -2.91. The molecule has 168 valence electrons. The number of thioether (sulfide) groups is 1. The van der Waals surface area contributed by atoms with Crippen molar-refractivity contribution in [2.45, 2.75) is 37.0 Å². The Balaban J connectivity index is 1.87. The van der Waals surface area contributed by atoms with Crippen LogP contribution in [-0.2, 0) is 5.41 Å². The molecule has 1 aliphatic rings. The highest BCUT2D eigenvalue weighted by atomic mass is 32.2. The molecular weight excluding hydrogens is 424 g/mol. The van der Waals surface area contributed by atoms with Gasteiger partial charge in [0.15, 0.2) is 0 Å². The summed E-state index contributed by atoms with van der Waals surface area (Å²) in [6.45, 7) is 4.62. The first-order valence-electron chi connectivity index (χ1n) is 11.6. The van der Waals surface area contributed by atoms with Crippen LogP contribution in [0, 0.1) is 0 Å². The zero-order valence-electron chi connectivity index (χ0n) is 20.0. The van der Waals surface area contributed by atoms with Gasteiger partial charge in [-0.25, -0.2) is 0 Å². The van der Waals surface area contributed by atoms with Crippen LogP contribution in [0.1, 0.15) is 37.8 Å². The van der Waals surface area contributed by atoms with Crippen molar-refractivity contribution in [2.24, 2.45) is 0 Å². The number of hydrogen-bond acceptors (Lipinski definition) is 3. The lowest BCUT2D eigenvalue weighted by Gasteiger charge is -2.30. The molecule has 0 radical (unpaired) electrons. The molecule has 1 aliphatic carbocycles. The molecule has 2 nitrogen and oxygen atoms in total. The van der Waals surface area contributed by atoms with Gasteiger partial charge in [0.1, 0.15) is 11.5 Å². The largest absolute Gasteiger partial charge is 0.496 e. The van der Waals surface area contributed by atoms with Gasteiger partial charge in [0.2, 0.25) is 0 Å². The zero-order valence-corrected chi connectivity index (χ0v) is 20.8. The van der Waals surface area contributed by atoms with E-state index in [1.165, 1.54) is 38.8 Å². The molecule has 3 heteroatoms. The van der Waals surface area contributed by atoms with E-state index in [1.807, 2.05) is 0 Å². The third-order valence-corrected chi connectivity index (χ3v) is 8.22. The molecule has 0 fully saturated rings. The van der Waals surface area contributed by atoms with E-state index in [1.54, 1.807) is 26.0 Å². The van der Waals surface area contributed by atoms with E-state index in [0.717, 1.165) is 34.6 Å². The van der Waals surface area contributed by atoms with E-state index in [4.69, 9.17) is 9.47 Å². The summed E-state index contributed by atoms with van der Waals surface area (Å²) in [5.74, 6) is 1.85. The third kappa shape index (κ3) is 3.17. The van der Waals surface area contributed by atoms with Gasteiger partial charge in [0.25, 0.3) is 0 Å². The van der Waals surface area contributed by atoms with Crippen molar-refractivity contribution >= 4 is 22.5 Å². The molecule has 0 aromatic heterocycles. The van der Waals surface area contributed by atoms with Crippen LogP contribution in [0.5, 0.6) is 11.5 Å². The summed E-state index contributed by atoms with van der Waals surface area (Å²) in [5.41, 5.74) is 7.94. The van der Waals surface area contributed by atoms with Crippen LogP contribution in [0.3, 0.4) is 0 Å². The maximum Gasteiger partial charge on any atom is 0.133 e. The number of fused-ring (bicyclic) bond motifs is 5. The summed E-state index contributed by atoms with van der Waals surface area (Å²) < 4.78 is 11.7. The molecule has 4 aromatic carbocycles. The lowest BCUT2D eigenvalue weighted by molar-refractivity contribution is 0.405. The Morgan fingerprint density at radius 2 is 1.45 bits per heavy atom. The Labute approximate surface area is 200 Å². The second kappa shape index (κ2) is 8.46. The van der Waals surface area contributed by atoms with Gasteiger partial charge in [0, 0.05) is 15.7 Å². The fourth-order valence-electron chi connectivity index (χ4n) is 5.68. The maximum atomic E-state index is 5.95. The second-order valence-corrected chi connectivity index (χ2v) is 9.52. The minimum Gasteiger partial charge on any atom is -0.496 e. The van der Waals surface area contributed by atoms with Gasteiger partial charge in [-0.05, 0) is 82.1 Å². The Morgan fingerprint density at radius 3 is 2.09 bits per heavy atom. The third-order valence-electron chi connectivity index (χ3n) is 7.46. The van der Waals surface area contributed by atoms with Crippen LogP contribution < -0.4 is 9.47 Å². The van der Waals surface area contributed by atoms with Crippen LogP contribution in [0.25, 0.3) is 33.0 Å². The summed E-state index contributed by atoms with van der Waals surface area (Å²) in [7, 11) is 3.53. The van der Waals surface area contributed by atoms with Crippen LogP contribution in [0.4, 0.5) is 0 Å². The first-order valence-corrected chi connectivity index (χ1v) is 12.8. The van der Waals surface area contributed by atoms with Crippen LogP contribution >= 0.6 is 11.8 Å². The molecule has 0 heterocycles. The summed E-state index contributed by atoms with van der Waals surface area (Å²) in [4.78, 5) is 1.12. The Morgan fingerprint density at radius 1 is 0.727 bits per heavy atom. The van der Waals surface area contributed by atoms with E-state index in [2.05, 4.69) is 86.8 Å². The fourth-order valence-corrected chi connectivity index (χ4v) is 6.26. The van der Waals surface area contributed by atoms with Crippen molar-refractivity contribution in [2.75, 3.05) is 20.5 Å². The van der Waals surface area contributed by atoms with Gasteiger partial charge in [-0.3, -0.25) is 0 Å². The fraction of sp³-hybridized carbons (Fsp3) is 0.267. The molecular formula is C30H30O2S. The molecule has 0 bridgehead atoms. The molecule has 5 rings (SSSR count). The molecule has 0 unspecified atom stereocenters. The van der Waals surface area contributed by atoms with Gasteiger partial charge in [0.05, 0.1) is 14.2 Å². The first kappa shape index (κ1) is 21.9. The van der Waals surface area contributed by atoms with Gasteiger partial charge >= 0.3 is 0 Å². The number of benzene rings is 4. The van der Waals surface area contributed by atoms with Crippen molar-refractivity contribution < 1.29 is 9.47 Å². The topological polar surface area (TPSA) is 18.5 Å². The average molecular weight is 455 g/mol. The minimum absolute atomic E-state index is 0.0393. The highest BCUT2D eigenvalue weighted by Gasteiger charge is 2.42. The lowest BCUT2D eigenvalue weighted by atomic mass is 9.73. The van der Waals surface area contributed by atoms with E-state index in [-0.39, 0.29) is 5.41 Å². The van der Waals surface area contributed by atoms with E-state index < -0.39 is 0 Å². The monoisotopic (exact) mass is 454 g/mol. The molecule has 0 spiro atoms. The van der Waals surface area contributed by atoms with Gasteiger partial charge in [-0.15, -0.1) is 11.8 Å². The number of hydrogen-bond donors (Lipinski definition) is 0. The van der Waals surface area contributed by atoms with E-state index in [9.17, 15) is 0 Å². The van der Waals surface area contributed by atoms with E-state index >= 15 is 0 Å². The van der Waals surface area contributed by atoms with Crippen molar-refractivity contribution in [3.05, 3.63) is 77.9 Å². The normalized spacial score (nSPS) is 13.6. The first-order chi connectivity index (χ1) is 16.1. The Kier molecular flexibility index (Phi) is 5.62. The molecule has 0 saturated heterocycles. The summed E-state index contributed by atoms with van der Waals surface area (Å²) in [5, 5.41) is 2.35. The molecule has 0 aliphatic heterocycles. The number of rotatable bonds is 6. The SMILES string of the molecule is CCC1(CC)c2cc(-c3ccccc3)ccc2-c2c1cc(OC)c1cc(SC)c(OC)cc21. The molecule has 33 heavy (non-hydrogen) atoms. The average Bonchev–Trinajstić information content (AvgIpc) is 3.16. The van der Waals surface area contributed by atoms with Crippen molar-refractivity contribution in [3.8, 4) is 33.8 Å². The van der Waals surface area contributed by atoms with Crippen molar-refractivity contribution in [1.82, 2.24) is 0 Å². The van der Waals surface area contributed by atoms with Crippen molar-refractivity contribution in [3.63, 3.8) is 0 Å². The molecule has 0 saturated carbocycles. The number of ether oxygens (including phenoxy) is 2. The zero-order chi connectivity index (χ0) is 23.2. The standard InChI is InChI=1S/C30H30O2S/c1-6-30(7-2)24-15-20(19-11-9-8-10-12-19)13-14-21(24)29-23-16-27(32-4)28(33-5)17-22(23)26(31-3)18-25(29)30/h8-18H,6-7H2,1-5H3. The highest BCUT2D eigenvalue weighted by Crippen LogP contribution is 2.57. The van der Waals surface area contributed by atoms with E-state index in [0.29, 0.717) is 0 Å². The highest BCUT2D eigenvalue weighted by molar-refractivity contribution is 7.98. The van der Waals surface area contributed by atoms with Crippen LogP contribution in [0.15, 0.2) is 71.6 Å². The predicted octanol–water partition coefficient (Wildman–Crippen LogP) is 8.33. The number of methoxy groups -OCH3 is 2. The Bertz CT molecular complexity index is 1340. The molecule has 0 N–H and O–H groups in total. The second-order valence-electron chi connectivity index (χ2n) is 8.67. The van der Waals surface area contributed by atoms with Crippen LogP contribution in [0.2, 0.25) is 0 Å². The summed E-state index contributed by atoms with van der Waals surface area (Å²) >= 11 is 1.70. The minimum atomic E-state index is -0.0393. The van der Waals surface area contributed by atoms with Gasteiger partial charge in [-0.2, -0.15) is 0 Å². The van der Waals surface area contributed by atoms with Gasteiger partial charge < -0.3 is 9.47 Å². The summed E-state index contributed by atoms with van der Waals surface area (Å²) in [6.07, 6.45) is 4.16. The maximum absolute atomic E-state index is 5.95. The quantitative estimate of drug-likeness (QED) is 0.273. The molecule has 0 amide bonds. The summed E-state index contributed by atoms with van der Waals surface area (Å²) in [6, 6.07) is 24.4. The molecule has 0 atom stereocenters. The van der Waals surface area contributed by atoms with Crippen LogP contribution in [-0.4, -0.2) is 20.5 Å². The van der Waals surface area contributed by atoms with Crippen molar-refractivity contribution in [1.29, 1.82) is 0 Å². The molecule has 4 aromatic rings. The lowest BCUT2D eigenvalue weighted by Crippen LogP contribution is -2.23. The van der Waals surface area contributed by atoms with Gasteiger partial charge in [-0.1, -0.05) is 56.3 Å². The smallest absolute Gasteiger partial charge is 0.133 e.